The van der Waals surface area contributed by atoms with Gasteiger partial charge in [-0.3, -0.25) is 0 Å². The van der Waals surface area contributed by atoms with Crippen LogP contribution in [0.15, 0.2) is 46.1 Å². The largest absolute Gasteiger partial charge is 0.425 e. The second-order valence-corrected chi connectivity index (χ2v) is 7.87. The number of benzene rings is 1. The van der Waals surface area contributed by atoms with Crippen LogP contribution in [0.5, 0.6) is 0 Å². The van der Waals surface area contributed by atoms with Crippen LogP contribution in [0.3, 0.4) is 0 Å². The maximum atomic E-state index is 14.4. The Hall–Kier alpha value is -3.73. The fraction of sp³-hybridized carbons (Fsp3) is 0.227. The number of alkyl halides is 1. The average molecular weight is 491 g/mol. The van der Waals surface area contributed by atoms with Crippen LogP contribution >= 0.6 is 11.6 Å². The minimum atomic E-state index is -1.60. The highest BCUT2D eigenvalue weighted by Gasteiger charge is 2.21. The number of aromatic nitrogens is 5. The summed E-state index contributed by atoms with van der Waals surface area (Å²) in [5.74, 6) is -2.60. The molecule has 1 aromatic carbocycles. The van der Waals surface area contributed by atoms with Gasteiger partial charge in [-0.25, -0.2) is 37.5 Å². The average Bonchev–Trinajstić information content (AvgIpc) is 3.18. The Bertz CT molecular complexity index is 1420. The van der Waals surface area contributed by atoms with E-state index < -0.39 is 35.4 Å². The maximum absolute atomic E-state index is 14.4. The Balaban J connectivity index is 1.61. The lowest BCUT2D eigenvalue weighted by Gasteiger charge is -2.15. The molecule has 8 nitrogen and oxygen atoms in total. The zero-order valence-electron chi connectivity index (χ0n) is 18.2. The molecule has 34 heavy (non-hydrogen) atoms. The number of oxazole rings is 1. The van der Waals surface area contributed by atoms with Crippen molar-refractivity contribution in [1.29, 1.82) is 0 Å². The fourth-order valence-corrected chi connectivity index (χ4v) is 3.40. The summed E-state index contributed by atoms with van der Waals surface area (Å²) in [6, 6.07) is 3.88. The van der Waals surface area contributed by atoms with Crippen molar-refractivity contribution in [2.24, 2.45) is 0 Å². The molecule has 0 radical (unpaired) electrons. The molecule has 3 heterocycles. The van der Waals surface area contributed by atoms with Gasteiger partial charge < -0.3 is 9.73 Å². The van der Waals surface area contributed by atoms with Gasteiger partial charge in [-0.1, -0.05) is 17.7 Å². The van der Waals surface area contributed by atoms with Gasteiger partial charge in [0.25, 0.3) is 0 Å². The summed E-state index contributed by atoms with van der Waals surface area (Å²) >= 11 is 5.75. The zero-order valence-corrected chi connectivity index (χ0v) is 18.9. The van der Waals surface area contributed by atoms with Crippen molar-refractivity contribution in [3.05, 3.63) is 81.3 Å². The van der Waals surface area contributed by atoms with Crippen molar-refractivity contribution in [3.63, 3.8) is 0 Å². The van der Waals surface area contributed by atoms with Gasteiger partial charge in [0.2, 0.25) is 5.95 Å². The van der Waals surface area contributed by atoms with Gasteiger partial charge in [0.15, 0.2) is 17.5 Å². The molecule has 4 aromatic rings. The number of hydrogen-bond donors (Lipinski definition) is 1. The molecule has 4 rings (SSSR count). The second-order valence-electron chi connectivity index (χ2n) is 7.47. The molecule has 2 atom stereocenters. The first-order chi connectivity index (χ1) is 16.2. The van der Waals surface area contributed by atoms with Crippen LogP contribution in [-0.4, -0.2) is 24.5 Å². The molecule has 176 valence electrons. The Morgan fingerprint density at radius 2 is 1.88 bits per heavy atom. The van der Waals surface area contributed by atoms with Crippen molar-refractivity contribution >= 4 is 17.5 Å². The number of nitrogens with one attached hydrogen (secondary N) is 1. The van der Waals surface area contributed by atoms with Crippen LogP contribution in [0.2, 0.25) is 5.02 Å². The lowest BCUT2D eigenvalue weighted by atomic mass is 10.1. The fourth-order valence-electron chi connectivity index (χ4n) is 3.29. The Morgan fingerprint density at radius 3 is 2.56 bits per heavy atom. The Kier molecular flexibility index (Phi) is 6.38. The third-order valence-electron chi connectivity index (χ3n) is 5.03. The number of rotatable bonds is 6. The molecule has 1 N–H and O–H groups in total. The quantitative estimate of drug-likeness (QED) is 0.400. The molecule has 0 fully saturated rings. The van der Waals surface area contributed by atoms with Crippen molar-refractivity contribution in [1.82, 2.24) is 24.5 Å². The minimum Gasteiger partial charge on any atom is -0.416 e. The molecular weight excluding hydrogens is 473 g/mol. The monoisotopic (exact) mass is 490 g/mol. The molecular formula is C22H18ClF3N6O2. The van der Waals surface area contributed by atoms with E-state index in [4.69, 9.17) is 16.0 Å². The summed E-state index contributed by atoms with van der Waals surface area (Å²) in [6.07, 6.45) is 1.72. The Morgan fingerprint density at radius 1 is 1.12 bits per heavy atom. The van der Waals surface area contributed by atoms with Gasteiger partial charge in [-0.05, 0) is 38.5 Å². The third kappa shape index (κ3) is 4.51. The third-order valence-corrected chi connectivity index (χ3v) is 5.33. The highest BCUT2D eigenvalue weighted by atomic mass is 35.5. The molecule has 0 saturated heterocycles. The molecule has 0 bridgehead atoms. The Labute approximate surface area is 196 Å². The van der Waals surface area contributed by atoms with Crippen LogP contribution < -0.4 is 11.1 Å². The van der Waals surface area contributed by atoms with Crippen LogP contribution in [0, 0.1) is 18.6 Å². The highest BCUT2D eigenvalue weighted by Crippen LogP contribution is 2.27. The molecule has 3 aromatic heterocycles. The topological polar surface area (TPSA) is 98.7 Å². The summed E-state index contributed by atoms with van der Waals surface area (Å²) < 4.78 is 47.5. The van der Waals surface area contributed by atoms with Gasteiger partial charge in [-0.15, -0.1) is 0 Å². The standard InChI is InChI=1S/C22H18ClF3N6O2/c1-10(24)18-9-34-22(33)32(18)20-17(26)8-28-21(31-20)30-12(3)19-27-7-14(11(2)29-19)13-4-5-15(23)16(25)6-13/h4-10,12H,1-3H3,(H,28,30,31)/t10-,12-/m0/s1. The summed E-state index contributed by atoms with van der Waals surface area (Å²) in [4.78, 5) is 28.7. The van der Waals surface area contributed by atoms with E-state index in [1.807, 2.05) is 0 Å². The first kappa shape index (κ1) is 23.4. The molecule has 0 aliphatic heterocycles. The van der Waals surface area contributed by atoms with Crippen molar-refractivity contribution < 1.29 is 17.6 Å². The normalized spacial score (nSPS) is 13.0. The van der Waals surface area contributed by atoms with Gasteiger partial charge in [0, 0.05) is 17.5 Å². The number of anilines is 1. The molecule has 0 amide bonds. The van der Waals surface area contributed by atoms with Crippen LogP contribution in [-0.2, 0) is 0 Å². The van der Waals surface area contributed by atoms with Gasteiger partial charge in [-0.2, -0.15) is 4.98 Å². The van der Waals surface area contributed by atoms with Crippen molar-refractivity contribution in [2.75, 3.05) is 5.32 Å². The van der Waals surface area contributed by atoms with Crippen LogP contribution in [0.25, 0.3) is 16.9 Å². The molecule has 0 aliphatic rings. The van der Waals surface area contributed by atoms with Crippen molar-refractivity contribution in [2.45, 2.75) is 33.0 Å². The summed E-state index contributed by atoms with van der Waals surface area (Å²) in [5, 5.41) is 2.94. The second kappa shape index (κ2) is 9.26. The van der Waals surface area contributed by atoms with E-state index in [9.17, 15) is 18.0 Å². The summed E-state index contributed by atoms with van der Waals surface area (Å²) in [5.41, 5.74) is 1.60. The van der Waals surface area contributed by atoms with Gasteiger partial charge >= 0.3 is 5.76 Å². The predicted octanol–water partition coefficient (Wildman–Crippen LogP) is 5.12. The van der Waals surface area contributed by atoms with E-state index in [1.165, 1.54) is 19.1 Å². The molecule has 0 unspecified atom stereocenters. The first-order valence-corrected chi connectivity index (χ1v) is 10.5. The number of halogens is 4. The highest BCUT2D eigenvalue weighted by molar-refractivity contribution is 6.30. The first-order valence-electron chi connectivity index (χ1n) is 10.1. The molecule has 12 heteroatoms. The number of nitrogens with zero attached hydrogens (tertiary/aromatic N) is 5. The van der Waals surface area contributed by atoms with E-state index in [0.717, 1.165) is 12.5 Å². The number of aryl methyl sites for hydroxylation is 1. The summed E-state index contributed by atoms with van der Waals surface area (Å²) in [7, 11) is 0. The predicted molar refractivity (Wildman–Crippen MR) is 119 cm³/mol. The SMILES string of the molecule is Cc1nc([C@H](C)Nc2ncc(F)c(-n3c([C@H](C)F)coc3=O)n2)ncc1-c1ccc(Cl)c(F)c1. The van der Waals surface area contributed by atoms with Gasteiger partial charge in [0.05, 0.1) is 17.3 Å². The molecule has 0 aliphatic carbocycles. The van der Waals surface area contributed by atoms with Crippen molar-refractivity contribution in [3.8, 4) is 16.9 Å². The maximum Gasteiger partial charge on any atom is 0.425 e. The zero-order chi connectivity index (χ0) is 24.6. The van der Waals surface area contributed by atoms with E-state index in [-0.39, 0.29) is 16.7 Å². The summed E-state index contributed by atoms with van der Waals surface area (Å²) in [6.45, 7) is 4.65. The minimum absolute atomic E-state index is 0.0150. The molecule has 0 saturated carbocycles. The lowest BCUT2D eigenvalue weighted by Crippen LogP contribution is -2.20. The van der Waals surface area contributed by atoms with E-state index in [0.29, 0.717) is 27.2 Å². The van der Waals surface area contributed by atoms with Gasteiger partial charge in [0.1, 0.15) is 23.9 Å². The smallest absolute Gasteiger partial charge is 0.416 e. The van der Waals surface area contributed by atoms with E-state index in [2.05, 4.69) is 25.3 Å². The van der Waals surface area contributed by atoms with Crippen LogP contribution in [0.1, 0.15) is 43.3 Å². The van der Waals surface area contributed by atoms with Crippen LogP contribution in [0.4, 0.5) is 19.1 Å². The lowest BCUT2D eigenvalue weighted by molar-refractivity contribution is 0.359. The number of hydrogen-bond acceptors (Lipinski definition) is 7. The van der Waals surface area contributed by atoms with E-state index in [1.54, 1.807) is 26.1 Å². The van der Waals surface area contributed by atoms with E-state index >= 15 is 0 Å². The molecule has 0 spiro atoms.